The van der Waals surface area contributed by atoms with Crippen molar-refractivity contribution < 1.29 is 9.90 Å². The molecule has 1 N–H and O–H groups in total. The Morgan fingerprint density at radius 3 is 2.24 bits per heavy atom. The summed E-state index contributed by atoms with van der Waals surface area (Å²) < 4.78 is 0. The Hall–Kier alpha value is -0.570. The van der Waals surface area contributed by atoms with Crippen molar-refractivity contribution in [3.63, 3.8) is 0 Å². The molecular weight excluding hydrogens is 262 g/mol. The fraction of sp³-hybridized carbons (Fsp3) is 0.944. The van der Waals surface area contributed by atoms with Crippen LogP contribution in [0.25, 0.3) is 0 Å². The number of carbonyl (C=O) groups excluding carboxylic acids is 1. The van der Waals surface area contributed by atoms with E-state index >= 15 is 0 Å². The van der Waals surface area contributed by atoms with E-state index in [2.05, 4.69) is 6.92 Å². The molecule has 0 aromatic heterocycles. The Labute approximate surface area is 131 Å². The Balaban J connectivity index is 2.00. The molecule has 1 aliphatic heterocycles. The van der Waals surface area contributed by atoms with Gasteiger partial charge in [-0.25, -0.2) is 0 Å². The van der Waals surface area contributed by atoms with Crippen LogP contribution in [0, 0.1) is 0 Å². The molecule has 1 heterocycles. The summed E-state index contributed by atoms with van der Waals surface area (Å²) in [6, 6.07) is 0.0878. The van der Waals surface area contributed by atoms with E-state index in [1.165, 1.54) is 51.4 Å². The average molecular weight is 297 g/mol. The number of carbonyl (C=O) groups is 1. The van der Waals surface area contributed by atoms with Crippen molar-refractivity contribution in [2.24, 2.45) is 0 Å². The number of hydrogen-bond donors (Lipinski definition) is 1. The van der Waals surface area contributed by atoms with E-state index in [1.807, 2.05) is 4.90 Å². The number of aliphatic hydroxyl groups is 1. The smallest absolute Gasteiger partial charge is 0.222 e. The standard InChI is InChI=1S/C18H35NO2/c1-2-3-4-5-6-7-8-9-10-14-18(21)19-15-12-11-13-17(19)16-20/h17,20H,2-16H2,1H3. The van der Waals surface area contributed by atoms with Gasteiger partial charge in [-0.3, -0.25) is 4.79 Å². The van der Waals surface area contributed by atoms with E-state index < -0.39 is 0 Å². The molecule has 0 aromatic rings. The lowest BCUT2D eigenvalue weighted by atomic mass is 10.0. The molecule has 0 saturated carbocycles. The van der Waals surface area contributed by atoms with Gasteiger partial charge in [0.25, 0.3) is 0 Å². The van der Waals surface area contributed by atoms with Gasteiger partial charge in [0.05, 0.1) is 12.6 Å². The highest BCUT2D eigenvalue weighted by Crippen LogP contribution is 2.18. The molecule has 1 aliphatic rings. The Bertz CT molecular complexity index is 268. The van der Waals surface area contributed by atoms with Crippen molar-refractivity contribution in [1.82, 2.24) is 4.90 Å². The van der Waals surface area contributed by atoms with Gasteiger partial charge in [-0.05, 0) is 25.7 Å². The van der Waals surface area contributed by atoms with E-state index in [-0.39, 0.29) is 18.6 Å². The largest absolute Gasteiger partial charge is 0.394 e. The van der Waals surface area contributed by atoms with Gasteiger partial charge >= 0.3 is 0 Å². The Morgan fingerprint density at radius 1 is 1.00 bits per heavy atom. The summed E-state index contributed by atoms with van der Waals surface area (Å²) in [5, 5.41) is 9.35. The van der Waals surface area contributed by atoms with Crippen LogP contribution < -0.4 is 0 Å². The van der Waals surface area contributed by atoms with Gasteiger partial charge in [-0.2, -0.15) is 0 Å². The highest BCUT2D eigenvalue weighted by molar-refractivity contribution is 5.76. The van der Waals surface area contributed by atoms with Crippen molar-refractivity contribution in [1.29, 1.82) is 0 Å². The third-order valence-electron chi connectivity index (χ3n) is 4.65. The first-order valence-corrected chi connectivity index (χ1v) is 9.20. The highest BCUT2D eigenvalue weighted by atomic mass is 16.3. The predicted molar refractivity (Wildman–Crippen MR) is 88.3 cm³/mol. The maximum atomic E-state index is 12.2. The van der Waals surface area contributed by atoms with Gasteiger partial charge in [0, 0.05) is 13.0 Å². The first-order chi connectivity index (χ1) is 10.3. The van der Waals surface area contributed by atoms with Crippen LogP contribution in [0.1, 0.15) is 90.4 Å². The molecule has 1 unspecified atom stereocenters. The maximum Gasteiger partial charge on any atom is 0.222 e. The minimum absolute atomic E-state index is 0.0878. The van der Waals surface area contributed by atoms with Crippen molar-refractivity contribution >= 4 is 5.91 Å². The van der Waals surface area contributed by atoms with E-state index in [4.69, 9.17) is 0 Å². The fourth-order valence-electron chi connectivity index (χ4n) is 3.25. The van der Waals surface area contributed by atoms with Crippen molar-refractivity contribution in [2.45, 2.75) is 96.4 Å². The number of rotatable bonds is 11. The molecule has 21 heavy (non-hydrogen) atoms. The normalized spacial score (nSPS) is 19.0. The summed E-state index contributed by atoms with van der Waals surface area (Å²) in [4.78, 5) is 14.1. The maximum absolute atomic E-state index is 12.2. The topological polar surface area (TPSA) is 40.5 Å². The number of amides is 1. The lowest BCUT2D eigenvalue weighted by molar-refractivity contribution is -0.136. The van der Waals surface area contributed by atoms with Crippen LogP contribution in [0.5, 0.6) is 0 Å². The lowest BCUT2D eigenvalue weighted by Gasteiger charge is -2.34. The first kappa shape index (κ1) is 18.5. The summed E-state index contributed by atoms with van der Waals surface area (Å²) in [5.41, 5.74) is 0. The van der Waals surface area contributed by atoms with Gasteiger partial charge in [0.2, 0.25) is 5.91 Å². The van der Waals surface area contributed by atoms with Crippen LogP contribution in [0.15, 0.2) is 0 Å². The summed E-state index contributed by atoms with van der Waals surface area (Å²) in [6.45, 7) is 3.23. The molecule has 1 rings (SSSR count). The number of unbranched alkanes of at least 4 members (excludes halogenated alkanes) is 8. The second kappa shape index (κ2) is 12.0. The fourth-order valence-corrected chi connectivity index (χ4v) is 3.25. The molecule has 1 saturated heterocycles. The number of aliphatic hydroxyl groups excluding tert-OH is 1. The van der Waals surface area contributed by atoms with Crippen LogP contribution >= 0.6 is 0 Å². The van der Waals surface area contributed by atoms with Gasteiger partial charge in [0.1, 0.15) is 0 Å². The Kier molecular flexibility index (Phi) is 10.6. The Morgan fingerprint density at radius 2 is 1.62 bits per heavy atom. The van der Waals surface area contributed by atoms with E-state index in [9.17, 15) is 9.90 Å². The van der Waals surface area contributed by atoms with E-state index in [0.29, 0.717) is 6.42 Å². The van der Waals surface area contributed by atoms with Crippen molar-refractivity contribution in [2.75, 3.05) is 13.2 Å². The third kappa shape index (κ3) is 7.85. The second-order valence-corrected chi connectivity index (χ2v) is 6.50. The van der Waals surface area contributed by atoms with Gasteiger partial charge in [-0.15, -0.1) is 0 Å². The lowest BCUT2D eigenvalue weighted by Crippen LogP contribution is -2.45. The average Bonchev–Trinajstić information content (AvgIpc) is 2.53. The summed E-state index contributed by atoms with van der Waals surface area (Å²) in [7, 11) is 0. The van der Waals surface area contributed by atoms with Crippen LogP contribution in [-0.2, 0) is 4.79 Å². The first-order valence-electron chi connectivity index (χ1n) is 9.20. The zero-order valence-electron chi connectivity index (χ0n) is 14.0. The minimum atomic E-state index is 0.0878. The number of likely N-dealkylation sites (tertiary alicyclic amines) is 1. The van der Waals surface area contributed by atoms with Crippen LogP contribution in [0.4, 0.5) is 0 Å². The molecule has 0 spiro atoms. The van der Waals surface area contributed by atoms with E-state index in [1.54, 1.807) is 0 Å². The summed E-state index contributed by atoms with van der Waals surface area (Å²) >= 11 is 0. The van der Waals surface area contributed by atoms with Crippen molar-refractivity contribution in [3.8, 4) is 0 Å². The predicted octanol–water partition coefficient (Wildman–Crippen LogP) is 4.28. The quantitative estimate of drug-likeness (QED) is 0.578. The number of hydrogen-bond acceptors (Lipinski definition) is 2. The zero-order chi connectivity index (χ0) is 15.3. The molecule has 0 bridgehead atoms. The molecule has 124 valence electrons. The minimum Gasteiger partial charge on any atom is -0.394 e. The van der Waals surface area contributed by atoms with Crippen LogP contribution in [0.2, 0.25) is 0 Å². The zero-order valence-corrected chi connectivity index (χ0v) is 14.0. The summed E-state index contributed by atoms with van der Waals surface area (Å²) in [6.07, 6.45) is 15.5. The molecule has 1 atom stereocenters. The van der Waals surface area contributed by atoms with Gasteiger partial charge < -0.3 is 10.0 Å². The molecule has 1 amide bonds. The van der Waals surface area contributed by atoms with Gasteiger partial charge in [-0.1, -0.05) is 58.3 Å². The SMILES string of the molecule is CCCCCCCCCCCC(=O)N1CCCCC1CO. The van der Waals surface area contributed by atoms with Crippen molar-refractivity contribution in [3.05, 3.63) is 0 Å². The van der Waals surface area contributed by atoms with Crippen LogP contribution in [0.3, 0.4) is 0 Å². The number of piperidine rings is 1. The van der Waals surface area contributed by atoms with Gasteiger partial charge in [0.15, 0.2) is 0 Å². The highest BCUT2D eigenvalue weighted by Gasteiger charge is 2.25. The second-order valence-electron chi connectivity index (χ2n) is 6.50. The monoisotopic (exact) mass is 297 g/mol. The molecule has 3 heteroatoms. The molecular formula is C18H35NO2. The molecule has 1 fully saturated rings. The molecule has 3 nitrogen and oxygen atoms in total. The summed E-state index contributed by atoms with van der Waals surface area (Å²) in [5.74, 6) is 0.261. The molecule has 0 radical (unpaired) electrons. The number of nitrogens with zero attached hydrogens (tertiary/aromatic N) is 1. The molecule has 0 aliphatic carbocycles. The third-order valence-corrected chi connectivity index (χ3v) is 4.65. The van der Waals surface area contributed by atoms with E-state index in [0.717, 1.165) is 32.2 Å². The molecule has 0 aromatic carbocycles. The van der Waals surface area contributed by atoms with Crippen LogP contribution in [-0.4, -0.2) is 35.1 Å².